The molecule has 0 bridgehead atoms. The van der Waals surface area contributed by atoms with Crippen molar-refractivity contribution in [1.82, 2.24) is 20.4 Å². The molecule has 0 saturated carbocycles. The lowest BCUT2D eigenvalue weighted by atomic mass is 9.96. The highest BCUT2D eigenvalue weighted by molar-refractivity contribution is 7.15. The van der Waals surface area contributed by atoms with E-state index in [1.54, 1.807) is 0 Å². The van der Waals surface area contributed by atoms with E-state index in [4.69, 9.17) is 9.47 Å². The average Bonchev–Trinajstić information content (AvgIpc) is 3.31. The van der Waals surface area contributed by atoms with Gasteiger partial charge in [0.05, 0.1) is 26.4 Å². The Morgan fingerprint density at radius 3 is 1.41 bits per heavy atom. The number of carbonyl (C=O) groups is 2. The molecule has 0 aliphatic rings. The van der Waals surface area contributed by atoms with Gasteiger partial charge in [-0.05, 0) is 0 Å². The summed E-state index contributed by atoms with van der Waals surface area (Å²) < 4.78 is 11.1. The van der Waals surface area contributed by atoms with Crippen molar-refractivity contribution in [1.29, 1.82) is 0 Å². The smallest absolute Gasteiger partial charge is 0.231 e. The molecule has 2 N–H and O–H groups in total. The van der Waals surface area contributed by atoms with Gasteiger partial charge in [-0.25, -0.2) is 0 Å². The molecule has 0 saturated heterocycles. The Hall–Kier alpha value is -2.02. The van der Waals surface area contributed by atoms with E-state index in [2.05, 4.69) is 31.0 Å². The summed E-state index contributed by atoms with van der Waals surface area (Å²) in [6.07, 6.45) is 1.24. The molecule has 2 aromatic heterocycles. The third-order valence-corrected chi connectivity index (χ3v) is 5.83. The first-order valence-electron chi connectivity index (χ1n) is 10.4. The van der Waals surface area contributed by atoms with Crippen LogP contribution in [0.2, 0.25) is 0 Å². The molecule has 12 heteroatoms. The highest BCUT2D eigenvalue weighted by atomic mass is 32.1. The van der Waals surface area contributed by atoms with Crippen molar-refractivity contribution in [3.05, 3.63) is 10.0 Å². The Labute approximate surface area is 196 Å². The summed E-state index contributed by atoms with van der Waals surface area (Å²) in [6.45, 7) is 13.0. The SMILES string of the molecule is CC(C)(C)C(=O)Nc1nnc(CCOCCOCCc2nnc(NC(=O)C(C)(C)C)s2)s1. The fourth-order valence-corrected chi connectivity index (χ4v) is 3.45. The second-order valence-electron chi connectivity index (χ2n) is 9.13. The third-order valence-electron chi connectivity index (χ3n) is 4.03. The van der Waals surface area contributed by atoms with Crippen LogP contribution in [0.4, 0.5) is 10.3 Å². The van der Waals surface area contributed by atoms with Gasteiger partial charge in [-0.1, -0.05) is 64.2 Å². The van der Waals surface area contributed by atoms with Crippen LogP contribution in [0.15, 0.2) is 0 Å². The predicted molar refractivity (Wildman–Crippen MR) is 125 cm³/mol. The van der Waals surface area contributed by atoms with Crippen molar-refractivity contribution >= 4 is 44.8 Å². The number of hydrogen-bond donors (Lipinski definition) is 2. The molecule has 10 nitrogen and oxygen atoms in total. The number of carbonyl (C=O) groups excluding carboxylic acids is 2. The molecule has 2 rings (SSSR count). The summed E-state index contributed by atoms with van der Waals surface area (Å²) in [5, 5.41) is 24.3. The Morgan fingerprint density at radius 2 is 1.06 bits per heavy atom. The number of nitrogens with one attached hydrogen (secondary N) is 2. The van der Waals surface area contributed by atoms with E-state index in [9.17, 15) is 9.59 Å². The zero-order valence-corrected chi connectivity index (χ0v) is 21.1. The first kappa shape index (κ1) is 26.2. The molecule has 0 unspecified atom stereocenters. The fourth-order valence-electron chi connectivity index (χ4n) is 2.02. The minimum atomic E-state index is -0.477. The minimum absolute atomic E-state index is 0.0898. The number of ether oxygens (including phenoxy) is 2. The molecule has 0 aliphatic heterocycles. The minimum Gasteiger partial charge on any atom is -0.379 e. The predicted octanol–water partition coefficient (Wildman–Crippen LogP) is 3.18. The number of hydrogen-bond acceptors (Lipinski definition) is 10. The van der Waals surface area contributed by atoms with Crippen LogP contribution in [-0.4, -0.2) is 58.6 Å². The second-order valence-corrected chi connectivity index (χ2v) is 11.3. The van der Waals surface area contributed by atoms with Crippen molar-refractivity contribution in [2.24, 2.45) is 10.8 Å². The van der Waals surface area contributed by atoms with E-state index in [1.807, 2.05) is 41.5 Å². The number of amides is 2. The van der Waals surface area contributed by atoms with Crippen LogP contribution < -0.4 is 10.6 Å². The summed E-state index contributed by atoms with van der Waals surface area (Å²) in [7, 11) is 0. The zero-order valence-electron chi connectivity index (χ0n) is 19.5. The maximum absolute atomic E-state index is 12.0. The molecule has 0 fully saturated rings. The van der Waals surface area contributed by atoms with E-state index >= 15 is 0 Å². The van der Waals surface area contributed by atoms with E-state index in [0.29, 0.717) is 49.5 Å². The van der Waals surface area contributed by atoms with Crippen LogP contribution in [-0.2, 0) is 31.9 Å². The van der Waals surface area contributed by atoms with Crippen molar-refractivity contribution in [3.63, 3.8) is 0 Å². The largest absolute Gasteiger partial charge is 0.379 e. The van der Waals surface area contributed by atoms with Crippen LogP contribution in [0.25, 0.3) is 0 Å². The van der Waals surface area contributed by atoms with Gasteiger partial charge in [-0.15, -0.1) is 20.4 Å². The summed E-state index contributed by atoms with van der Waals surface area (Å²) in [5.41, 5.74) is -0.953. The van der Waals surface area contributed by atoms with Crippen molar-refractivity contribution < 1.29 is 19.1 Å². The van der Waals surface area contributed by atoms with Crippen molar-refractivity contribution in [2.45, 2.75) is 54.4 Å². The van der Waals surface area contributed by atoms with E-state index in [-0.39, 0.29) is 11.8 Å². The lowest BCUT2D eigenvalue weighted by Crippen LogP contribution is -2.27. The first-order valence-corrected chi connectivity index (χ1v) is 12.0. The average molecular weight is 485 g/mol. The van der Waals surface area contributed by atoms with Crippen LogP contribution in [0.3, 0.4) is 0 Å². The lowest BCUT2D eigenvalue weighted by Gasteiger charge is -2.15. The molecule has 0 atom stereocenters. The Kier molecular flexibility index (Phi) is 9.62. The molecule has 0 radical (unpaired) electrons. The van der Waals surface area contributed by atoms with Gasteiger partial charge in [0.2, 0.25) is 22.1 Å². The van der Waals surface area contributed by atoms with Gasteiger partial charge >= 0.3 is 0 Å². The van der Waals surface area contributed by atoms with Gasteiger partial charge < -0.3 is 20.1 Å². The summed E-state index contributed by atoms with van der Waals surface area (Å²) >= 11 is 2.70. The normalized spacial score (nSPS) is 12.1. The second kappa shape index (κ2) is 11.7. The molecule has 32 heavy (non-hydrogen) atoms. The number of rotatable bonds is 11. The molecule has 0 aromatic carbocycles. The Balaban J connectivity index is 1.54. The molecular formula is C20H32N6O4S2. The van der Waals surface area contributed by atoms with Gasteiger partial charge in [0.25, 0.3) is 0 Å². The molecule has 2 heterocycles. The maximum atomic E-state index is 12.0. The monoisotopic (exact) mass is 484 g/mol. The molecule has 0 aliphatic carbocycles. The summed E-state index contributed by atoms with van der Waals surface area (Å²) in [6, 6.07) is 0. The quantitative estimate of drug-likeness (QED) is 0.465. The van der Waals surface area contributed by atoms with E-state index < -0.39 is 10.8 Å². The third kappa shape index (κ3) is 9.23. The van der Waals surface area contributed by atoms with Gasteiger partial charge in [-0.3, -0.25) is 9.59 Å². The standard InChI is InChI=1S/C20H32N6O4S2/c1-19(2,3)15(27)21-17-25-23-13(31-17)7-9-29-11-12-30-10-8-14-24-26-18(32-14)22-16(28)20(4,5)6/h7-12H2,1-6H3,(H,21,25,27)(H,22,26,28). The van der Waals surface area contributed by atoms with E-state index in [1.165, 1.54) is 22.7 Å². The molecule has 2 aromatic rings. The Morgan fingerprint density at radius 1 is 0.688 bits per heavy atom. The number of nitrogens with zero attached hydrogens (tertiary/aromatic N) is 4. The molecule has 2 amide bonds. The Bertz CT molecular complexity index is 813. The topological polar surface area (TPSA) is 128 Å². The first-order chi connectivity index (χ1) is 14.9. The van der Waals surface area contributed by atoms with Crippen LogP contribution in [0.5, 0.6) is 0 Å². The summed E-state index contributed by atoms with van der Waals surface area (Å²) in [4.78, 5) is 23.9. The van der Waals surface area contributed by atoms with E-state index in [0.717, 1.165) is 10.0 Å². The van der Waals surface area contributed by atoms with Gasteiger partial charge in [0, 0.05) is 23.7 Å². The number of anilines is 2. The van der Waals surface area contributed by atoms with Crippen LogP contribution in [0.1, 0.15) is 51.6 Å². The summed E-state index contributed by atoms with van der Waals surface area (Å²) in [5.74, 6) is -0.180. The van der Waals surface area contributed by atoms with Crippen molar-refractivity contribution in [3.8, 4) is 0 Å². The van der Waals surface area contributed by atoms with Crippen LogP contribution in [0, 0.1) is 10.8 Å². The molecular weight excluding hydrogens is 452 g/mol. The van der Waals surface area contributed by atoms with Gasteiger partial charge in [0.1, 0.15) is 10.0 Å². The van der Waals surface area contributed by atoms with Gasteiger partial charge in [0.15, 0.2) is 0 Å². The van der Waals surface area contributed by atoms with Crippen LogP contribution >= 0.6 is 22.7 Å². The highest BCUT2D eigenvalue weighted by Gasteiger charge is 2.23. The maximum Gasteiger partial charge on any atom is 0.231 e. The number of aromatic nitrogens is 4. The highest BCUT2D eigenvalue weighted by Crippen LogP contribution is 2.21. The zero-order chi connectivity index (χ0) is 23.8. The fraction of sp³-hybridized carbons (Fsp3) is 0.700. The van der Waals surface area contributed by atoms with Gasteiger partial charge in [-0.2, -0.15) is 0 Å². The molecule has 178 valence electrons. The lowest BCUT2D eigenvalue weighted by molar-refractivity contribution is -0.123. The van der Waals surface area contributed by atoms with Crippen molar-refractivity contribution in [2.75, 3.05) is 37.1 Å². The molecule has 0 spiro atoms.